The Balaban J connectivity index is 2.79. The molecule has 1 aliphatic rings. The topological polar surface area (TPSA) is 65.1 Å². The zero-order valence-electron chi connectivity index (χ0n) is 17.8. The van der Waals surface area contributed by atoms with E-state index < -0.39 is 33.8 Å². The van der Waals surface area contributed by atoms with Crippen LogP contribution in [0.3, 0.4) is 0 Å². The highest BCUT2D eigenvalue weighted by Crippen LogP contribution is 2.28. The third kappa shape index (κ3) is 8.54. The van der Waals surface area contributed by atoms with Crippen molar-refractivity contribution >= 4 is 45.6 Å². The van der Waals surface area contributed by atoms with Gasteiger partial charge in [0.2, 0.25) is 0 Å². The predicted octanol–water partition coefficient (Wildman–Crippen LogP) is 3.79. The molecule has 1 atom stereocenters. The van der Waals surface area contributed by atoms with Gasteiger partial charge in [-0.2, -0.15) is 0 Å². The van der Waals surface area contributed by atoms with E-state index in [9.17, 15) is 9.59 Å². The zero-order valence-corrected chi connectivity index (χ0v) is 21.8. The van der Waals surface area contributed by atoms with E-state index in [-0.39, 0.29) is 11.8 Å². The maximum Gasteiger partial charge on any atom is 0.315 e. The molecule has 1 heterocycles. The summed E-state index contributed by atoms with van der Waals surface area (Å²) < 4.78 is 19.5. The van der Waals surface area contributed by atoms with Gasteiger partial charge in [-0.15, -0.1) is 0 Å². The zero-order chi connectivity index (χ0) is 20.4. The van der Waals surface area contributed by atoms with E-state index in [0.29, 0.717) is 13.0 Å². The van der Waals surface area contributed by atoms with E-state index in [1.54, 1.807) is 0 Å². The third-order valence-corrected chi connectivity index (χ3v) is 17.0. The molecule has 0 radical (unpaired) electrons. The van der Waals surface area contributed by atoms with Gasteiger partial charge in [0.05, 0.1) is 0 Å². The van der Waals surface area contributed by atoms with Crippen molar-refractivity contribution in [1.29, 1.82) is 0 Å². The van der Waals surface area contributed by atoms with Crippen LogP contribution in [-0.2, 0) is 21.9 Å². The van der Waals surface area contributed by atoms with Crippen LogP contribution < -0.4 is 0 Å². The van der Waals surface area contributed by atoms with Crippen molar-refractivity contribution in [3.8, 4) is 0 Å². The van der Waals surface area contributed by atoms with Crippen molar-refractivity contribution < 1.29 is 21.9 Å². The molecule has 0 aromatic carbocycles. The number of carbonyl (C=O) groups excluding carboxylic acids is 2. The standard InChI is InChI=1S/C16H35NO5Si4/c1-23(2,3)20-25(7,8)22-26(9,21-24(4,5)6)14-10-13-17-15(18)11-12-16(17)19/h11-12H,10,13-14H2,1-9H3. The molecule has 0 aromatic rings. The quantitative estimate of drug-likeness (QED) is 0.387. The Morgan fingerprint density at radius 3 is 1.65 bits per heavy atom. The van der Waals surface area contributed by atoms with E-state index in [2.05, 4.69) is 58.9 Å². The van der Waals surface area contributed by atoms with Gasteiger partial charge in [0, 0.05) is 18.7 Å². The molecule has 26 heavy (non-hydrogen) atoms. The largest absolute Gasteiger partial charge is 0.437 e. The number of imide groups is 1. The van der Waals surface area contributed by atoms with Gasteiger partial charge in [0.1, 0.15) is 0 Å². The minimum Gasteiger partial charge on any atom is -0.437 e. The minimum atomic E-state index is -2.48. The lowest BCUT2D eigenvalue weighted by Crippen LogP contribution is -2.57. The summed E-state index contributed by atoms with van der Waals surface area (Å²) in [6, 6.07) is 0.736. The van der Waals surface area contributed by atoms with E-state index in [0.717, 1.165) is 6.04 Å². The number of hydrogen-bond donors (Lipinski definition) is 0. The van der Waals surface area contributed by atoms with Gasteiger partial charge >= 0.3 is 17.1 Å². The first-order valence-electron chi connectivity index (χ1n) is 9.16. The van der Waals surface area contributed by atoms with Gasteiger partial charge in [0.25, 0.3) is 11.8 Å². The monoisotopic (exact) mass is 433 g/mol. The molecule has 0 aromatic heterocycles. The molecule has 1 aliphatic heterocycles. The summed E-state index contributed by atoms with van der Waals surface area (Å²) in [6.07, 6.45) is 3.33. The molecule has 150 valence electrons. The van der Waals surface area contributed by atoms with Crippen molar-refractivity contribution in [3.63, 3.8) is 0 Å². The molecule has 0 aliphatic carbocycles. The normalized spacial score (nSPS) is 18.6. The Kier molecular flexibility index (Phi) is 7.58. The minimum absolute atomic E-state index is 0.234. The Morgan fingerprint density at radius 2 is 1.23 bits per heavy atom. The first kappa shape index (κ1) is 23.7. The molecule has 6 nitrogen and oxygen atoms in total. The van der Waals surface area contributed by atoms with Crippen LogP contribution in [0.25, 0.3) is 0 Å². The van der Waals surface area contributed by atoms with Crippen molar-refractivity contribution in [2.24, 2.45) is 0 Å². The van der Waals surface area contributed by atoms with Crippen LogP contribution in [0.2, 0.25) is 65.0 Å². The van der Waals surface area contributed by atoms with Crippen molar-refractivity contribution in [3.05, 3.63) is 12.2 Å². The van der Waals surface area contributed by atoms with Gasteiger partial charge in [-0.3, -0.25) is 14.5 Å². The van der Waals surface area contributed by atoms with Gasteiger partial charge in [-0.1, -0.05) is 0 Å². The molecule has 0 spiro atoms. The summed E-state index contributed by atoms with van der Waals surface area (Å²) in [5, 5.41) is 0. The van der Waals surface area contributed by atoms with E-state index in [1.165, 1.54) is 17.1 Å². The lowest BCUT2D eigenvalue weighted by Gasteiger charge is -2.41. The first-order chi connectivity index (χ1) is 11.5. The molecular formula is C16H35NO5Si4. The van der Waals surface area contributed by atoms with Crippen LogP contribution in [0, 0.1) is 0 Å². The maximum atomic E-state index is 11.7. The first-order valence-corrected chi connectivity index (χ1v) is 21.3. The second kappa shape index (κ2) is 8.33. The van der Waals surface area contributed by atoms with Gasteiger partial charge < -0.3 is 12.3 Å². The van der Waals surface area contributed by atoms with Crippen LogP contribution in [-0.4, -0.2) is 57.0 Å². The van der Waals surface area contributed by atoms with Crippen molar-refractivity contribution in [2.45, 2.75) is 71.4 Å². The Hall–Kier alpha value is -0.372. The highest BCUT2D eigenvalue weighted by molar-refractivity contribution is 6.89. The lowest BCUT2D eigenvalue weighted by atomic mass is 10.4. The van der Waals surface area contributed by atoms with Gasteiger partial charge in [-0.05, 0) is 71.4 Å². The van der Waals surface area contributed by atoms with Gasteiger partial charge in [-0.25, -0.2) is 0 Å². The lowest BCUT2D eigenvalue weighted by molar-refractivity contribution is -0.136. The smallest absolute Gasteiger partial charge is 0.315 e. The number of carbonyl (C=O) groups is 2. The summed E-state index contributed by atoms with van der Waals surface area (Å²) in [4.78, 5) is 24.7. The predicted molar refractivity (Wildman–Crippen MR) is 114 cm³/mol. The summed E-state index contributed by atoms with van der Waals surface area (Å²) in [6.45, 7) is 19.7. The number of nitrogens with zero attached hydrogens (tertiary/aromatic N) is 1. The molecule has 1 unspecified atom stereocenters. The average molecular weight is 434 g/mol. The highest BCUT2D eigenvalue weighted by Gasteiger charge is 2.44. The van der Waals surface area contributed by atoms with Crippen molar-refractivity contribution in [2.75, 3.05) is 6.54 Å². The van der Waals surface area contributed by atoms with Crippen LogP contribution in [0.4, 0.5) is 0 Å². The summed E-state index contributed by atoms with van der Waals surface area (Å²) >= 11 is 0. The summed E-state index contributed by atoms with van der Waals surface area (Å²) in [5.74, 6) is -0.468. The SMILES string of the molecule is C[Si](C)(C)O[Si](C)(C)O[Si](C)(CCCN1C(=O)C=CC1=O)O[Si](C)(C)C. The summed E-state index contributed by atoms with van der Waals surface area (Å²) in [5.41, 5.74) is 0. The van der Waals surface area contributed by atoms with Crippen LogP contribution >= 0.6 is 0 Å². The third-order valence-electron chi connectivity index (χ3n) is 3.45. The number of rotatable bonds is 10. The van der Waals surface area contributed by atoms with Crippen LogP contribution in [0.1, 0.15) is 6.42 Å². The molecule has 0 fully saturated rings. The Labute approximate surface area is 162 Å². The molecule has 0 saturated carbocycles. The fourth-order valence-corrected chi connectivity index (χ4v) is 21.2. The molecule has 0 N–H and O–H groups in total. The molecule has 0 saturated heterocycles. The second-order valence-corrected chi connectivity index (χ2v) is 25.8. The Bertz CT molecular complexity index is 550. The maximum absolute atomic E-state index is 11.7. The average Bonchev–Trinajstić information content (AvgIpc) is 2.63. The van der Waals surface area contributed by atoms with Crippen LogP contribution in [0.5, 0.6) is 0 Å². The fourth-order valence-electron chi connectivity index (χ4n) is 3.26. The van der Waals surface area contributed by atoms with Crippen LogP contribution in [0.15, 0.2) is 12.2 Å². The number of hydrogen-bond acceptors (Lipinski definition) is 5. The molecule has 0 bridgehead atoms. The van der Waals surface area contributed by atoms with Gasteiger partial charge in [0.15, 0.2) is 16.6 Å². The summed E-state index contributed by atoms with van der Waals surface area (Å²) in [7, 11) is -8.32. The fraction of sp³-hybridized carbons (Fsp3) is 0.750. The van der Waals surface area contributed by atoms with E-state index in [4.69, 9.17) is 12.3 Å². The molecule has 1 rings (SSSR count). The van der Waals surface area contributed by atoms with E-state index >= 15 is 0 Å². The van der Waals surface area contributed by atoms with E-state index in [1.807, 2.05) is 0 Å². The Morgan fingerprint density at radius 1 is 0.769 bits per heavy atom. The number of amides is 2. The second-order valence-electron chi connectivity index (χ2n) is 9.33. The molecule has 2 amide bonds. The molecule has 10 heteroatoms. The molecular weight excluding hydrogens is 399 g/mol. The van der Waals surface area contributed by atoms with Crippen molar-refractivity contribution in [1.82, 2.24) is 4.90 Å². The highest BCUT2D eigenvalue weighted by atomic mass is 28.5.